The van der Waals surface area contributed by atoms with Crippen molar-refractivity contribution in [1.82, 2.24) is 14.3 Å². The molecule has 0 fully saturated rings. The quantitative estimate of drug-likeness (QED) is 0.546. The minimum Gasteiger partial charge on any atom is -0.230 e. The van der Waals surface area contributed by atoms with Gasteiger partial charge in [-0.2, -0.15) is 4.37 Å². The first-order chi connectivity index (χ1) is 5.29. The minimum absolute atomic E-state index is 0.974. The van der Waals surface area contributed by atoms with Crippen LogP contribution in [0.15, 0.2) is 6.33 Å². The molecule has 2 aromatic rings. The highest BCUT2D eigenvalue weighted by molar-refractivity contribution is 14.1. The summed E-state index contributed by atoms with van der Waals surface area (Å²) in [5.41, 5.74) is 1.02. The lowest BCUT2D eigenvalue weighted by Gasteiger charge is -1.90. The van der Waals surface area contributed by atoms with Crippen molar-refractivity contribution in [3.63, 3.8) is 0 Å². The molecule has 0 saturated carbocycles. The standard InChI is InChI=1S/C6H4IN3S/c1-3-4-5(7)8-2-9-6(4)11-10-3/h2H,1H3. The maximum atomic E-state index is 4.19. The molecule has 0 aliphatic carbocycles. The van der Waals surface area contributed by atoms with Crippen molar-refractivity contribution in [3.8, 4) is 0 Å². The van der Waals surface area contributed by atoms with Gasteiger partial charge in [0.25, 0.3) is 0 Å². The highest BCUT2D eigenvalue weighted by atomic mass is 127. The molecule has 2 heterocycles. The van der Waals surface area contributed by atoms with Crippen LogP contribution in [0.2, 0.25) is 0 Å². The fourth-order valence-corrected chi connectivity index (χ4v) is 2.58. The third-order valence-electron chi connectivity index (χ3n) is 1.40. The van der Waals surface area contributed by atoms with Crippen LogP contribution in [0, 0.1) is 10.6 Å². The lowest BCUT2D eigenvalue weighted by Crippen LogP contribution is -1.83. The van der Waals surface area contributed by atoms with Gasteiger partial charge in [-0.05, 0) is 41.0 Å². The molecule has 0 unspecified atom stereocenters. The number of aromatic nitrogens is 3. The fraction of sp³-hybridized carbons (Fsp3) is 0.167. The third-order valence-corrected chi connectivity index (χ3v) is 3.06. The molecule has 5 heteroatoms. The summed E-state index contributed by atoms with van der Waals surface area (Å²) in [6, 6.07) is 0. The molecule has 0 spiro atoms. The summed E-state index contributed by atoms with van der Waals surface area (Å²) in [5, 5.41) is 1.10. The van der Waals surface area contributed by atoms with E-state index < -0.39 is 0 Å². The Balaban J connectivity index is 2.96. The lowest BCUT2D eigenvalue weighted by atomic mass is 10.3. The summed E-state index contributed by atoms with van der Waals surface area (Å²) in [5.74, 6) is 0. The Bertz CT molecular complexity index is 398. The van der Waals surface area contributed by atoms with Crippen LogP contribution < -0.4 is 0 Å². The Labute approximate surface area is 81.2 Å². The van der Waals surface area contributed by atoms with E-state index in [0.717, 1.165) is 19.6 Å². The second-order valence-electron chi connectivity index (χ2n) is 2.11. The number of rotatable bonds is 0. The summed E-state index contributed by atoms with van der Waals surface area (Å²) in [4.78, 5) is 9.16. The average Bonchev–Trinajstić information content (AvgIpc) is 2.34. The number of hydrogen-bond acceptors (Lipinski definition) is 4. The van der Waals surface area contributed by atoms with Gasteiger partial charge in [0.2, 0.25) is 0 Å². The Morgan fingerprint density at radius 1 is 1.45 bits per heavy atom. The van der Waals surface area contributed by atoms with Crippen molar-refractivity contribution in [2.45, 2.75) is 6.92 Å². The Morgan fingerprint density at radius 2 is 2.27 bits per heavy atom. The van der Waals surface area contributed by atoms with Crippen LogP contribution in [-0.2, 0) is 0 Å². The van der Waals surface area contributed by atoms with Crippen LogP contribution in [0.5, 0.6) is 0 Å². The molecule has 0 aliphatic rings. The van der Waals surface area contributed by atoms with E-state index in [0.29, 0.717) is 0 Å². The molecule has 0 saturated heterocycles. The summed E-state index contributed by atoms with van der Waals surface area (Å²) in [7, 11) is 0. The van der Waals surface area contributed by atoms with E-state index in [4.69, 9.17) is 0 Å². The molecule has 11 heavy (non-hydrogen) atoms. The monoisotopic (exact) mass is 277 g/mol. The number of hydrogen-bond donors (Lipinski definition) is 0. The number of aryl methyl sites for hydroxylation is 1. The maximum Gasteiger partial charge on any atom is 0.148 e. The van der Waals surface area contributed by atoms with Crippen LogP contribution in [0.1, 0.15) is 5.69 Å². The van der Waals surface area contributed by atoms with Crippen LogP contribution in [0.3, 0.4) is 0 Å². The van der Waals surface area contributed by atoms with E-state index in [9.17, 15) is 0 Å². The van der Waals surface area contributed by atoms with Crippen molar-refractivity contribution in [3.05, 3.63) is 15.7 Å². The van der Waals surface area contributed by atoms with Gasteiger partial charge in [0.15, 0.2) is 0 Å². The van der Waals surface area contributed by atoms with E-state index in [2.05, 4.69) is 36.9 Å². The Kier molecular flexibility index (Phi) is 1.76. The predicted molar refractivity (Wildman–Crippen MR) is 52.7 cm³/mol. The molecular formula is C6H4IN3S. The lowest BCUT2D eigenvalue weighted by molar-refractivity contribution is 1.19. The zero-order valence-corrected chi connectivity index (χ0v) is 8.68. The van der Waals surface area contributed by atoms with E-state index in [1.807, 2.05) is 6.92 Å². The molecule has 0 amide bonds. The van der Waals surface area contributed by atoms with Crippen molar-refractivity contribution < 1.29 is 0 Å². The molecule has 2 rings (SSSR count). The normalized spacial score (nSPS) is 10.7. The van der Waals surface area contributed by atoms with Gasteiger partial charge in [0.05, 0.1) is 11.1 Å². The second-order valence-corrected chi connectivity index (χ2v) is 3.89. The van der Waals surface area contributed by atoms with E-state index in [1.165, 1.54) is 11.5 Å². The molecule has 2 aromatic heterocycles. The van der Waals surface area contributed by atoms with Gasteiger partial charge in [-0.1, -0.05) is 0 Å². The molecule has 0 bridgehead atoms. The van der Waals surface area contributed by atoms with E-state index >= 15 is 0 Å². The number of nitrogens with zero attached hydrogens (tertiary/aromatic N) is 3. The molecule has 0 atom stereocenters. The van der Waals surface area contributed by atoms with Crippen LogP contribution >= 0.6 is 34.1 Å². The topological polar surface area (TPSA) is 38.7 Å². The van der Waals surface area contributed by atoms with Gasteiger partial charge < -0.3 is 0 Å². The number of fused-ring (bicyclic) bond motifs is 1. The first-order valence-corrected chi connectivity index (χ1v) is 4.87. The van der Waals surface area contributed by atoms with Crippen molar-refractivity contribution >= 4 is 44.3 Å². The van der Waals surface area contributed by atoms with Gasteiger partial charge in [-0.25, -0.2) is 9.97 Å². The highest BCUT2D eigenvalue weighted by Gasteiger charge is 2.06. The van der Waals surface area contributed by atoms with Crippen LogP contribution in [0.4, 0.5) is 0 Å². The first-order valence-electron chi connectivity index (χ1n) is 3.01. The Morgan fingerprint density at radius 3 is 3.00 bits per heavy atom. The molecule has 0 radical (unpaired) electrons. The van der Waals surface area contributed by atoms with Crippen molar-refractivity contribution in [2.75, 3.05) is 0 Å². The van der Waals surface area contributed by atoms with Crippen LogP contribution in [0.25, 0.3) is 10.2 Å². The largest absolute Gasteiger partial charge is 0.230 e. The molecule has 56 valence electrons. The maximum absolute atomic E-state index is 4.19. The molecule has 3 nitrogen and oxygen atoms in total. The second kappa shape index (κ2) is 2.63. The van der Waals surface area contributed by atoms with Gasteiger partial charge in [-0.15, -0.1) is 0 Å². The summed E-state index contributed by atoms with van der Waals surface area (Å²) >= 11 is 3.62. The zero-order valence-electron chi connectivity index (χ0n) is 5.71. The van der Waals surface area contributed by atoms with Gasteiger partial charge >= 0.3 is 0 Å². The molecule has 0 aliphatic heterocycles. The molecule has 0 aromatic carbocycles. The van der Waals surface area contributed by atoms with E-state index in [1.54, 1.807) is 6.33 Å². The molecule has 0 N–H and O–H groups in total. The summed E-state index contributed by atoms with van der Waals surface area (Å²) in [6.07, 6.45) is 1.57. The van der Waals surface area contributed by atoms with Crippen molar-refractivity contribution in [1.29, 1.82) is 0 Å². The van der Waals surface area contributed by atoms with Gasteiger partial charge in [0.1, 0.15) is 14.9 Å². The molecular weight excluding hydrogens is 273 g/mol. The Hall–Kier alpha value is -0.300. The summed E-state index contributed by atoms with van der Waals surface area (Å²) in [6.45, 7) is 1.98. The van der Waals surface area contributed by atoms with Gasteiger partial charge in [0, 0.05) is 0 Å². The SMILES string of the molecule is Cc1nsc2ncnc(I)c12. The summed E-state index contributed by atoms with van der Waals surface area (Å²) < 4.78 is 5.18. The highest BCUT2D eigenvalue weighted by Crippen LogP contribution is 2.22. The fourth-order valence-electron chi connectivity index (χ4n) is 0.880. The average molecular weight is 277 g/mol. The smallest absolute Gasteiger partial charge is 0.148 e. The van der Waals surface area contributed by atoms with E-state index in [-0.39, 0.29) is 0 Å². The minimum atomic E-state index is 0.974. The van der Waals surface area contributed by atoms with Gasteiger partial charge in [-0.3, -0.25) is 0 Å². The first kappa shape index (κ1) is 7.35. The zero-order chi connectivity index (χ0) is 7.84. The van der Waals surface area contributed by atoms with Crippen LogP contribution in [-0.4, -0.2) is 14.3 Å². The van der Waals surface area contributed by atoms with Crippen molar-refractivity contribution in [2.24, 2.45) is 0 Å². The number of halogens is 1. The predicted octanol–water partition coefficient (Wildman–Crippen LogP) is 2.00. The third kappa shape index (κ3) is 1.12.